The van der Waals surface area contributed by atoms with E-state index in [1.165, 1.54) is 16.6 Å². The van der Waals surface area contributed by atoms with E-state index in [2.05, 4.69) is 45.1 Å². The predicted octanol–water partition coefficient (Wildman–Crippen LogP) is 4.35. The van der Waals surface area contributed by atoms with E-state index in [0.717, 1.165) is 61.4 Å². The van der Waals surface area contributed by atoms with Crippen molar-refractivity contribution in [1.82, 2.24) is 9.88 Å². The van der Waals surface area contributed by atoms with E-state index in [4.69, 9.17) is 9.15 Å². The van der Waals surface area contributed by atoms with Crippen molar-refractivity contribution in [2.75, 3.05) is 44.7 Å². The molecule has 0 amide bonds. The number of aromatic nitrogens is 1. The number of furan rings is 1. The van der Waals surface area contributed by atoms with Crippen LogP contribution in [0.1, 0.15) is 5.56 Å². The number of hydrogen-bond acceptors (Lipinski definition) is 5. The number of anilines is 1. The van der Waals surface area contributed by atoms with E-state index in [1.54, 1.807) is 7.11 Å². The van der Waals surface area contributed by atoms with Gasteiger partial charge < -0.3 is 14.1 Å². The first-order chi connectivity index (χ1) is 14.3. The van der Waals surface area contributed by atoms with Crippen LogP contribution in [0.15, 0.2) is 65.4 Å². The summed E-state index contributed by atoms with van der Waals surface area (Å²) in [7, 11) is 1.72. The number of ether oxygens (including phenoxy) is 1. The smallest absolute Gasteiger partial charge is 0.134 e. The van der Waals surface area contributed by atoms with E-state index in [-0.39, 0.29) is 0 Å². The fourth-order valence-electron chi connectivity index (χ4n) is 4.22. The first-order valence-electron chi connectivity index (χ1n) is 10.2. The van der Waals surface area contributed by atoms with Gasteiger partial charge in [0, 0.05) is 55.8 Å². The number of piperazine rings is 1. The van der Waals surface area contributed by atoms with Crippen molar-refractivity contribution < 1.29 is 9.15 Å². The van der Waals surface area contributed by atoms with Gasteiger partial charge in [0.15, 0.2) is 0 Å². The molecule has 0 N–H and O–H groups in total. The lowest BCUT2D eigenvalue weighted by atomic mass is 10.1. The van der Waals surface area contributed by atoms with Crippen LogP contribution in [0.5, 0.6) is 5.75 Å². The summed E-state index contributed by atoms with van der Waals surface area (Å²) in [6.07, 6.45) is 4.79. The Bertz CT molecular complexity index is 1130. The summed E-state index contributed by atoms with van der Waals surface area (Å²) in [5.41, 5.74) is 4.49. The highest BCUT2D eigenvalue weighted by Crippen LogP contribution is 2.31. The minimum Gasteiger partial charge on any atom is -0.497 e. The zero-order valence-electron chi connectivity index (χ0n) is 16.7. The fraction of sp³-hybridized carbons (Fsp3) is 0.292. The summed E-state index contributed by atoms with van der Waals surface area (Å²) in [5, 5.41) is 2.36. The van der Waals surface area contributed by atoms with Gasteiger partial charge in [-0.25, -0.2) is 0 Å². The van der Waals surface area contributed by atoms with Gasteiger partial charge in [-0.1, -0.05) is 24.3 Å². The third-order valence-corrected chi connectivity index (χ3v) is 5.87. The van der Waals surface area contributed by atoms with Gasteiger partial charge in [-0.05, 0) is 30.2 Å². The molecule has 0 aliphatic carbocycles. The minimum absolute atomic E-state index is 0.884. The van der Waals surface area contributed by atoms with Crippen LogP contribution in [-0.4, -0.2) is 49.7 Å². The number of rotatable bonds is 5. The normalized spacial score (nSPS) is 15.3. The molecule has 2 aromatic heterocycles. The van der Waals surface area contributed by atoms with E-state index in [1.807, 2.05) is 30.7 Å². The van der Waals surface area contributed by atoms with Gasteiger partial charge in [-0.15, -0.1) is 0 Å². The molecule has 2 aromatic carbocycles. The molecule has 0 bridgehead atoms. The molecule has 5 heteroatoms. The predicted molar refractivity (Wildman–Crippen MR) is 117 cm³/mol. The van der Waals surface area contributed by atoms with Crippen molar-refractivity contribution in [3.8, 4) is 5.75 Å². The Balaban J connectivity index is 1.27. The molecule has 4 aromatic rings. The monoisotopic (exact) mass is 387 g/mol. The molecule has 1 aliphatic rings. The number of nitrogens with zero attached hydrogens (tertiary/aromatic N) is 3. The molecule has 0 spiro atoms. The van der Waals surface area contributed by atoms with Crippen molar-refractivity contribution in [3.63, 3.8) is 0 Å². The molecular weight excluding hydrogens is 362 g/mol. The van der Waals surface area contributed by atoms with Crippen molar-refractivity contribution in [3.05, 3.63) is 66.6 Å². The molecule has 5 rings (SSSR count). The highest BCUT2D eigenvalue weighted by molar-refractivity contribution is 5.92. The molecule has 0 saturated carbocycles. The fourth-order valence-corrected chi connectivity index (χ4v) is 4.22. The number of benzene rings is 2. The molecule has 3 heterocycles. The molecule has 0 radical (unpaired) electrons. The van der Waals surface area contributed by atoms with Gasteiger partial charge in [0.25, 0.3) is 0 Å². The third kappa shape index (κ3) is 3.54. The molecule has 1 aliphatic heterocycles. The molecule has 29 heavy (non-hydrogen) atoms. The maximum absolute atomic E-state index is 5.68. The molecule has 1 fully saturated rings. The summed E-state index contributed by atoms with van der Waals surface area (Å²) in [6.45, 7) is 5.12. The van der Waals surface area contributed by atoms with Crippen molar-refractivity contribution in [1.29, 1.82) is 0 Å². The van der Waals surface area contributed by atoms with Crippen LogP contribution < -0.4 is 9.64 Å². The highest BCUT2D eigenvalue weighted by atomic mass is 16.5. The van der Waals surface area contributed by atoms with Crippen LogP contribution in [-0.2, 0) is 6.42 Å². The van der Waals surface area contributed by atoms with Gasteiger partial charge in [-0.2, -0.15) is 0 Å². The van der Waals surface area contributed by atoms with Gasteiger partial charge in [-0.3, -0.25) is 9.88 Å². The molecule has 148 valence electrons. The average Bonchev–Trinajstić information content (AvgIpc) is 3.20. The van der Waals surface area contributed by atoms with Gasteiger partial charge >= 0.3 is 0 Å². The first kappa shape index (κ1) is 18.0. The lowest BCUT2D eigenvalue weighted by Gasteiger charge is -2.36. The SMILES string of the molecule is COc1cc(N2CCN(CCc3coc4ccccc34)CC2)c2ncccc2c1. The molecule has 1 saturated heterocycles. The summed E-state index contributed by atoms with van der Waals surface area (Å²) >= 11 is 0. The molecule has 0 unspecified atom stereocenters. The van der Waals surface area contributed by atoms with E-state index in [0.29, 0.717) is 0 Å². The van der Waals surface area contributed by atoms with Crippen LogP contribution in [0.25, 0.3) is 21.9 Å². The number of hydrogen-bond donors (Lipinski definition) is 0. The number of methoxy groups -OCH3 is 1. The average molecular weight is 387 g/mol. The quantitative estimate of drug-likeness (QED) is 0.509. The zero-order valence-corrected chi connectivity index (χ0v) is 16.7. The van der Waals surface area contributed by atoms with Crippen molar-refractivity contribution in [2.24, 2.45) is 0 Å². The lowest BCUT2D eigenvalue weighted by Crippen LogP contribution is -2.47. The Hall–Kier alpha value is -3.05. The summed E-state index contributed by atoms with van der Waals surface area (Å²) < 4.78 is 11.2. The topological polar surface area (TPSA) is 41.7 Å². The van der Waals surface area contributed by atoms with Gasteiger partial charge in [0.05, 0.1) is 24.6 Å². The summed E-state index contributed by atoms with van der Waals surface area (Å²) in [5.74, 6) is 0.884. The Labute approximate surface area is 170 Å². The second-order valence-electron chi connectivity index (χ2n) is 7.56. The van der Waals surface area contributed by atoms with Crippen LogP contribution in [0, 0.1) is 0 Å². The number of para-hydroxylation sites is 1. The Morgan fingerprint density at radius 3 is 2.76 bits per heavy atom. The second kappa shape index (κ2) is 7.76. The maximum Gasteiger partial charge on any atom is 0.134 e. The largest absolute Gasteiger partial charge is 0.497 e. The third-order valence-electron chi connectivity index (χ3n) is 5.87. The summed E-state index contributed by atoms with van der Waals surface area (Å²) in [4.78, 5) is 9.60. The van der Waals surface area contributed by atoms with E-state index >= 15 is 0 Å². The first-order valence-corrected chi connectivity index (χ1v) is 10.2. The second-order valence-corrected chi connectivity index (χ2v) is 7.56. The Morgan fingerprint density at radius 1 is 1.03 bits per heavy atom. The molecule has 0 atom stereocenters. The molecular formula is C24H25N3O2. The zero-order chi connectivity index (χ0) is 19.6. The van der Waals surface area contributed by atoms with Crippen LogP contribution in [0.4, 0.5) is 5.69 Å². The number of fused-ring (bicyclic) bond motifs is 2. The van der Waals surface area contributed by atoms with Gasteiger partial charge in [0.2, 0.25) is 0 Å². The summed E-state index contributed by atoms with van der Waals surface area (Å²) in [6, 6.07) is 16.5. The van der Waals surface area contributed by atoms with E-state index < -0.39 is 0 Å². The van der Waals surface area contributed by atoms with Crippen LogP contribution in [0.3, 0.4) is 0 Å². The Kier molecular flexibility index (Phi) is 4.82. The Morgan fingerprint density at radius 2 is 1.90 bits per heavy atom. The number of pyridine rings is 1. The van der Waals surface area contributed by atoms with Crippen LogP contribution in [0.2, 0.25) is 0 Å². The van der Waals surface area contributed by atoms with Crippen LogP contribution >= 0.6 is 0 Å². The maximum atomic E-state index is 5.68. The van der Waals surface area contributed by atoms with Crippen molar-refractivity contribution in [2.45, 2.75) is 6.42 Å². The minimum atomic E-state index is 0.884. The highest BCUT2D eigenvalue weighted by Gasteiger charge is 2.20. The van der Waals surface area contributed by atoms with Gasteiger partial charge in [0.1, 0.15) is 11.3 Å². The lowest BCUT2D eigenvalue weighted by molar-refractivity contribution is 0.261. The molecule has 5 nitrogen and oxygen atoms in total. The standard InChI is InChI=1S/C24H25N3O2/c1-28-20-15-18-5-4-9-25-24(18)22(16-20)27-13-11-26(12-14-27)10-8-19-17-29-23-7-3-2-6-21(19)23/h2-7,9,15-17H,8,10-14H2,1H3. The van der Waals surface area contributed by atoms with E-state index in [9.17, 15) is 0 Å². The van der Waals surface area contributed by atoms with Crippen molar-refractivity contribution >= 4 is 27.6 Å².